The van der Waals surface area contributed by atoms with Crippen molar-refractivity contribution >= 4 is 23.5 Å². The van der Waals surface area contributed by atoms with Gasteiger partial charge in [0.2, 0.25) is 0 Å². The molecule has 0 aromatic heterocycles. The Labute approximate surface area is 147 Å². The Balaban J connectivity index is 0.000000569. The number of carbonyl (C=O) groups is 1. The maximum absolute atomic E-state index is 13.0. The van der Waals surface area contributed by atoms with Crippen LogP contribution < -0.4 is 9.64 Å². The molecule has 2 aliphatic heterocycles. The molecule has 2 heterocycles. The molecule has 2 aromatic carbocycles. The number of phenols is 1. The number of hydrogen-bond donors (Lipinski definition) is 1. The molecule has 2 aromatic rings. The number of methoxy groups -OCH3 is 1. The highest BCUT2D eigenvalue weighted by Gasteiger charge is 2.36. The van der Waals surface area contributed by atoms with Crippen LogP contribution >= 0.6 is 0 Å². The van der Waals surface area contributed by atoms with Gasteiger partial charge in [-0.2, -0.15) is 0 Å². The van der Waals surface area contributed by atoms with Crippen molar-refractivity contribution in [1.29, 1.82) is 0 Å². The molecule has 0 bridgehead atoms. The van der Waals surface area contributed by atoms with Crippen molar-refractivity contribution in [2.45, 2.75) is 32.7 Å². The summed E-state index contributed by atoms with van der Waals surface area (Å²) in [5, 5.41) is 9.88. The number of para-hydroxylation sites is 1. The third-order valence-corrected chi connectivity index (χ3v) is 4.14. The zero-order valence-electron chi connectivity index (χ0n) is 14.7. The lowest BCUT2D eigenvalue weighted by atomic mass is 10.1. The number of nitrogens with zero attached hydrogens (tertiary/aromatic N) is 2. The largest absolute Gasteiger partial charge is 0.504 e. The van der Waals surface area contributed by atoms with Crippen molar-refractivity contribution in [3.63, 3.8) is 0 Å². The number of carbonyl (C=O) groups excluding carboxylic acids is 1. The van der Waals surface area contributed by atoms with Crippen LogP contribution in [0, 0.1) is 0 Å². The fourth-order valence-electron chi connectivity index (χ4n) is 3.09. The summed E-state index contributed by atoms with van der Waals surface area (Å²) in [5.41, 5.74) is 2.96. The monoisotopic (exact) mass is 338 g/mol. The van der Waals surface area contributed by atoms with E-state index in [1.165, 1.54) is 19.6 Å². The minimum Gasteiger partial charge on any atom is -0.504 e. The van der Waals surface area contributed by atoms with E-state index < -0.39 is 0 Å². The van der Waals surface area contributed by atoms with E-state index in [0.29, 0.717) is 11.3 Å². The fraction of sp³-hybridized carbons (Fsp3) is 0.300. The summed E-state index contributed by atoms with van der Waals surface area (Å²) in [4.78, 5) is 19.1. The van der Waals surface area contributed by atoms with E-state index in [-0.39, 0.29) is 23.4 Å². The number of benzene rings is 2. The Hall–Kier alpha value is -2.82. The molecule has 2 aliphatic rings. The van der Waals surface area contributed by atoms with Crippen molar-refractivity contribution in [1.82, 2.24) is 0 Å². The molecule has 0 fully saturated rings. The molecule has 130 valence electrons. The van der Waals surface area contributed by atoms with Gasteiger partial charge in [-0.1, -0.05) is 38.5 Å². The molecule has 0 saturated carbocycles. The summed E-state index contributed by atoms with van der Waals surface area (Å²) >= 11 is 0. The molecule has 4 rings (SSSR count). The molecule has 0 spiro atoms. The average molecular weight is 338 g/mol. The SMILES string of the molecule is CCC.COc1cc2c(cc1O)N=CC1Cc3ccccc3N1C2=O. The first kappa shape index (κ1) is 17.0. The molecule has 1 unspecified atom stereocenters. The van der Waals surface area contributed by atoms with Crippen LogP contribution in [0.15, 0.2) is 41.4 Å². The quantitative estimate of drug-likeness (QED) is 0.851. The number of fused-ring (bicyclic) bond motifs is 4. The molecular weight excluding hydrogens is 316 g/mol. The maximum atomic E-state index is 13.0. The standard InChI is InChI=1S/C17H14N2O3.C3H8/c1-22-16-7-12-13(8-15(16)20)18-9-11-6-10-4-2-3-5-14(10)19(11)17(12)21;1-3-2/h2-5,7-9,11,20H,6H2,1H3;3H2,1-2H3. The second kappa shape index (κ2) is 6.97. The van der Waals surface area contributed by atoms with Gasteiger partial charge in [-0.3, -0.25) is 14.7 Å². The van der Waals surface area contributed by atoms with Gasteiger partial charge in [0.15, 0.2) is 11.5 Å². The molecule has 0 aliphatic carbocycles. The lowest BCUT2D eigenvalue weighted by molar-refractivity contribution is 0.0987. The first-order chi connectivity index (χ1) is 12.1. The number of aliphatic imine (C=N–C) groups is 1. The number of hydrogen-bond acceptors (Lipinski definition) is 4. The van der Waals surface area contributed by atoms with Gasteiger partial charge in [0, 0.05) is 24.4 Å². The number of amides is 1. The zero-order valence-corrected chi connectivity index (χ0v) is 14.7. The molecular formula is C20H22N2O3. The van der Waals surface area contributed by atoms with Crippen molar-refractivity contribution in [2.24, 2.45) is 4.99 Å². The minimum atomic E-state index is -0.124. The van der Waals surface area contributed by atoms with E-state index >= 15 is 0 Å². The van der Waals surface area contributed by atoms with Gasteiger partial charge in [-0.05, 0) is 17.7 Å². The highest BCUT2D eigenvalue weighted by Crippen LogP contribution is 2.40. The van der Waals surface area contributed by atoms with Crippen molar-refractivity contribution in [3.8, 4) is 11.5 Å². The summed E-state index contributed by atoms with van der Waals surface area (Å²) in [5.74, 6) is 0.127. The number of phenolic OH excluding ortho intramolecular Hbond substituents is 1. The van der Waals surface area contributed by atoms with Gasteiger partial charge in [0.1, 0.15) is 0 Å². The highest BCUT2D eigenvalue weighted by molar-refractivity contribution is 6.14. The molecule has 1 amide bonds. The molecule has 0 saturated heterocycles. The van der Waals surface area contributed by atoms with Crippen LogP contribution in [0.25, 0.3) is 0 Å². The zero-order chi connectivity index (χ0) is 18.0. The van der Waals surface area contributed by atoms with Crippen molar-refractivity contribution in [3.05, 3.63) is 47.5 Å². The van der Waals surface area contributed by atoms with Crippen LogP contribution in [-0.4, -0.2) is 30.4 Å². The number of ether oxygens (including phenoxy) is 1. The molecule has 25 heavy (non-hydrogen) atoms. The summed E-state index contributed by atoms with van der Waals surface area (Å²) in [6.07, 6.45) is 3.78. The first-order valence-corrected chi connectivity index (χ1v) is 8.47. The molecule has 5 heteroatoms. The normalized spacial score (nSPS) is 17.0. The first-order valence-electron chi connectivity index (χ1n) is 8.47. The maximum Gasteiger partial charge on any atom is 0.261 e. The van der Waals surface area contributed by atoms with E-state index in [1.807, 2.05) is 24.3 Å². The van der Waals surface area contributed by atoms with Crippen molar-refractivity contribution in [2.75, 3.05) is 12.0 Å². The lowest BCUT2D eigenvalue weighted by Gasteiger charge is -2.21. The number of aromatic hydroxyl groups is 1. The van der Waals surface area contributed by atoms with E-state index in [1.54, 1.807) is 17.2 Å². The summed E-state index contributed by atoms with van der Waals surface area (Å²) in [7, 11) is 1.46. The van der Waals surface area contributed by atoms with Crippen molar-refractivity contribution < 1.29 is 14.6 Å². The average Bonchev–Trinajstić information content (AvgIpc) is 2.92. The van der Waals surface area contributed by atoms with Crippen LogP contribution in [0.5, 0.6) is 11.5 Å². The van der Waals surface area contributed by atoms with Crippen LogP contribution in [0.1, 0.15) is 36.2 Å². The van der Waals surface area contributed by atoms with Gasteiger partial charge in [-0.15, -0.1) is 0 Å². The van der Waals surface area contributed by atoms with Crippen LogP contribution in [0.2, 0.25) is 0 Å². The van der Waals surface area contributed by atoms with Gasteiger partial charge < -0.3 is 9.84 Å². The third-order valence-electron chi connectivity index (χ3n) is 4.14. The predicted molar refractivity (Wildman–Crippen MR) is 99.5 cm³/mol. The molecule has 0 radical (unpaired) electrons. The van der Waals surface area contributed by atoms with Gasteiger partial charge in [0.05, 0.1) is 24.4 Å². The summed E-state index contributed by atoms with van der Waals surface area (Å²) in [6, 6.07) is 10.8. The van der Waals surface area contributed by atoms with E-state index in [0.717, 1.165) is 17.7 Å². The smallest absolute Gasteiger partial charge is 0.261 e. The van der Waals surface area contributed by atoms with E-state index in [9.17, 15) is 9.90 Å². The van der Waals surface area contributed by atoms with Gasteiger partial charge in [0.25, 0.3) is 5.91 Å². The van der Waals surface area contributed by atoms with Gasteiger partial charge >= 0.3 is 0 Å². The summed E-state index contributed by atoms with van der Waals surface area (Å²) < 4.78 is 5.11. The Morgan fingerprint density at radius 1 is 1.28 bits per heavy atom. The van der Waals surface area contributed by atoms with Crippen LogP contribution in [-0.2, 0) is 6.42 Å². The van der Waals surface area contributed by atoms with E-state index in [4.69, 9.17) is 4.74 Å². The Morgan fingerprint density at radius 2 is 2.00 bits per heavy atom. The topological polar surface area (TPSA) is 62.1 Å². The molecule has 1 atom stereocenters. The predicted octanol–water partition coefficient (Wildman–Crippen LogP) is 4.10. The fourth-order valence-corrected chi connectivity index (χ4v) is 3.09. The lowest BCUT2D eigenvalue weighted by Crippen LogP contribution is -2.37. The molecule has 1 N–H and O–H groups in total. The number of anilines is 1. The van der Waals surface area contributed by atoms with Gasteiger partial charge in [-0.25, -0.2) is 0 Å². The second-order valence-electron chi connectivity index (χ2n) is 6.10. The highest BCUT2D eigenvalue weighted by atomic mass is 16.5. The van der Waals surface area contributed by atoms with Crippen LogP contribution in [0.3, 0.4) is 0 Å². The number of rotatable bonds is 1. The Morgan fingerprint density at radius 3 is 2.72 bits per heavy atom. The molecule has 5 nitrogen and oxygen atoms in total. The Bertz CT molecular complexity index is 830. The second-order valence-corrected chi connectivity index (χ2v) is 6.10. The third kappa shape index (κ3) is 2.97. The van der Waals surface area contributed by atoms with E-state index in [2.05, 4.69) is 18.8 Å². The van der Waals surface area contributed by atoms with Crippen LogP contribution in [0.4, 0.5) is 11.4 Å². The minimum absolute atomic E-state index is 0.0198. The Kier molecular flexibility index (Phi) is 4.74. The summed E-state index contributed by atoms with van der Waals surface area (Å²) in [6.45, 7) is 4.25.